The van der Waals surface area contributed by atoms with Crippen LogP contribution in [0.1, 0.15) is 37.8 Å². The third kappa shape index (κ3) is 4.77. The lowest BCUT2D eigenvalue weighted by Crippen LogP contribution is -2.61. The molecule has 2 aromatic carbocycles. The number of hydrogen-bond donors (Lipinski definition) is 1. The maximum Gasteiger partial charge on any atom is 0.312 e. The van der Waals surface area contributed by atoms with Crippen LogP contribution in [-0.4, -0.2) is 36.3 Å². The number of amides is 1. The second-order valence-corrected chi connectivity index (χ2v) is 10.3. The first-order valence-electron chi connectivity index (χ1n) is 10.5. The third-order valence-corrected chi connectivity index (χ3v) is 7.23. The van der Waals surface area contributed by atoms with Crippen LogP contribution < -0.4 is 10.4 Å². The standard InChI is InChI=1S/C23H25BrCl2N4O/c1-15-21(23(31)28-30(2)12-4-3-5-13-30)27-29(20-11-10-18(25)14-19(20)26)22(15)16-6-8-17(24)9-7-16/h6-11,14-15,22H,3-5,12-13H2,1-2H3/p+1/t15-,22-/m1/s1. The zero-order valence-electron chi connectivity index (χ0n) is 17.6. The lowest BCUT2D eigenvalue weighted by atomic mass is 9.91. The summed E-state index contributed by atoms with van der Waals surface area (Å²) >= 11 is 16.2. The zero-order chi connectivity index (χ0) is 22.2. The fourth-order valence-electron chi connectivity index (χ4n) is 4.47. The second kappa shape index (κ2) is 9.10. The predicted molar refractivity (Wildman–Crippen MR) is 130 cm³/mol. The number of hydrogen-bond acceptors (Lipinski definition) is 3. The van der Waals surface area contributed by atoms with Crippen LogP contribution in [0.4, 0.5) is 5.69 Å². The number of halogens is 3. The highest BCUT2D eigenvalue weighted by Crippen LogP contribution is 2.42. The molecule has 2 atom stereocenters. The molecule has 2 aromatic rings. The molecule has 1 N–H and O–H groups in total. The normalized spacial score (nSPS) is 22.9. The van der Waals surface area contributed by atoms with Crippen LogP contribution in [0.25, 0.3) is 0 Å². The first-order valence-corrected chi connectivity index (χ1v) is 12.1. The monoisotopic (exact) mass is 523 g/mol. The Labute approximate surface area is 201 Å². The van der Waals surface area contributed by atoms with Crippen LogP contribution in [0.15, 0.2) is 52.0 Å². The number of likely N-dealkylation sites (tertiary alicyclic amines) is 1. The largest absolute Gasteiger partial charge is 0.312 e. The summed E-state index contributed by atoms with van der Waals surface area (Å²) in [5.41, 5.74) is 5.53. The molecule has 5 nitrogen and oxygen atoms in total. The van der Waals surface area contributed by atoms with E-state index in [0.717, 1.165) is 41.7 Å². The third-order valence-electron chi connectivity index (χ3n) is 6.16. The van der Waals surface area contributed by atoms with E-state index in [1.165, 1.54) is 6.42 Å². The molecule has 2 heterocycles. The number of hydrazone groups is 1. The van der Waals surface area contributed by atoms with Crippen LogP contribution >= 0.6 is 39.1 Å². The molecule has 1 saturated heterocycles. The molecular weight excluding hydrogens is 499 g/mol. The highest BCUT2D eigenvalue weighted by atomic mass is 79.9. The van der Waals surface area contributed by atoms with E-state index in [1.54, 1.807) is 12.1 Å². The van der Waals surface area contributed by atoms with E-state index in [1.807, 2.05) is 30.1 Å². The number of nitrogens with one attached hydrogen (secondary N) is 1. The summed E-state index contributed by atoms with van der Waals surface area (Å²) in [6, 6.07) is 13.3. The van der Waals surface area contributed by atoms with Gasteiger partial charge in [0.05, 0.1) is 23.8 Å². The Hall–Kier alpha value is -1.60. The van der Waals surface area contributed by atoms with Gasteiger partial charge in [-0.25, -0.2) is 4.59 Å². The topological polar surface area (TPSA) is 44.7 Å². The SMILES string of the molecule is C[C@@H]1C(C(=O)N[N+]2(C)CCCCC2)=NN(c2ccc(Cl)cc2Cl)[C@H]1c1ccc(Br)cc1. The summed E-state index contributed by atoms with van der Waals surface area (Å²) in [7, 11) is 2.08. The van der Waals surface area contributed by atoms with Crippen LogP contribution in [0, 0.1) is 5.92 Å². The van der Waals surface area contributed by atoms with Crippen LogP contribution in [0.3, 0.4) is 0 Å². The number of rotatable bonds is 4. The van der Waals surface area contributed by atoms with Crippen molar-refractivity contribution < 1.29 is 9.39 Å². The van der Waals surface area contributed by atoms with Crippen molar-refractivity contribution in [3.63, 3.8) is 0 Å². The van der Waals surface area contributed by atoms with Gasteiger partial charge in [0.1, 0.15) is 18.8 Å². The van der Waals surface area contributed by atoms with Gasteiger partial charge >= 0.3 is 5.91 Å². The summed E-state index contributed by atoms with van der Waals surface area (Å²) in [6.45, 7) is 3.93. The maximum absolute atomic E-state index is 13.3. The molecular formula is C23H26BrCl2N4O+. The number of carbonyl (C=O) groups excluding carboxylic acids is 1. The minimum Gasteiger partial charge on any atom is -0.263 e. The minimum absolute atomic E-state index is 0.119. The number of carbonyl (C=O) groups is 1. The van der Waals surface area contributed by atoms with E-state index in [2.05, 4.69) is 40.5 Å². The molecule has 1 fully saturated rings. The van der Waals surface area contributed by atoms with Gasteiger partial charge in [-0.05, 0) is 55.2 Å². The van der Waals surface area contributed by atoms with Crippen molar-refractivity contribution in [2.75, 3.05) is 25.1 Å². The number of anilines is 1. The van der Waals surface area contributed by atoms with E-state index >= 15 is 0 Å². The first-order chi connectivity index (χ1) is 14.8. The fourth-order valence-corrected chi connectivity index (χ4v) is 5.23. The summed E-state index contributed by atoms with van der Waals surface area (Å²) in [5.74, 6) is -0.240. The highest BCUT2D eigenvalue weighted by Gasteiger charge is 2.42. The van der Waals surface area contributed by atoms with Crippen molar-refractivity contribution in [1.29, 1.82) is 0 Å². The minimum atomic E-state index is -0.154. The molecule has 1 amide bonds. The van der Waals surface area contributed by atoms with Crippen molar-refractivity contribution in [3.8, 4) is 0 Å². The predicted octanol–water partition coefficient (Wildman–Crippen LogP) is 5.97. The molecule has 0 unspecified atom stereocenters. The van der Waals surface area contributed by atoms with Gasteiger partial charge in [0, 0.05) is 15.4 Å². The number of nitrogens with zero attached hydrogens (tertiary/aromatic N) is 3. The van der Waals surface area contributed by atoms with Gasteiger partial charge in [-0.2, -0.15) is 10.5 Å². The molecule has 0 radical (unpaired) electrons. The lowest BCUT2D eigenvalue weighted by Gasteiger charge is -2.36. The molecule has 2 aliphatic heterocycles. The Balaban J connectivity index is 1.70. The van der Waals surface area contributed by atoms with Crippen molar-refractivity contribution in [2.45, 2.75) is 32.2 Å². The first kappa shape index (κ1) is 22.6. The van der Waals surface area contributed by atoms with Gasteiger partial charge in [-0.3, -0.25) is 9.80 Å². The number of piperidine rings is 1. The Morgan fingerprint density at radius 3 is 2.45 bits per heavy atom. The quantitative estimate of drug-likeness (QED) is 0.500. The van der Waals surface area contributed by atoms with E-state index in [0.29, 0.717) is 20.3 Å². The van der Waals surface area contributed by atoms with E-state index in [4.69, 9.17) is 28.3 Å². The Morgan fingerprint density at radius 1 is 1.13 bits per heavy atom. The lowest BCUT2D eigenvalue weighted by molar-refractivity contribution is -0.947. The Morgan fingerprint density at radius 2 is 1.81 bits per heavy atom. The molecule has 164 valence electrons. The Kier molecular flexibility index (Phi) is 6.63. The van der Waals surface area contributed by atoms with E-state index in [-0.39, 0.29) is 17.9 Å². The van der Waals surface area contributed by atoms with Crippen molar-refractivity contribution in [1.82, 2.24) is 5.43 Å². The summed E-state index contributed by atoms with van der Waals surface area (Å²) in [4.78, 5) is 13.3. The van der Waals surface area contributed by atoms with Gasteiger partial charge in [0.15, 0.2) is 0 Å². The van der Waals surface area contributed by atoms with Gasteiger partial charge in [0.25, 0.3) is 0 Å². The molecule has 4 rings (SSSR count). The Bertz CT molecular complexity index is 1010. The summed E-state index contributed by atoms with van der Waals surface area (Å²) < 4.78 is 1.55. The zero-order valence-corrected chi connectivity index (χ0v) is 20.7. The van der Waals surface area contributed by atoms with Crippen LogP contribution in [-0.2, 0) is 4.79 Å². The van der Waals surface area contributed by atoms with E-state index in [9.17, 15) is 4.79 Å². The molecule has 0 spiro atoms. The molecule has 0 aliphatic carbocycles. The van der Waals surface area contributed by atoms with Gasteiger partial charge in [-0.15, -0.1) is 0 Å². The smallest absolute Gasteiger partial charge is 0.263 e. The fraction of sp³-hybridized carbons (Fsp3) is 0.391. The second-order valence-electron chi connectivity index (χ2n) is 8.56. The van der Waals surface area contributed by atoms with Crippen molar-refractivity contribution in [3.05, 3.63) is 62.5 Å². The summed E-state index contributed by atoms with van der Waals surface area (Å²) in [5, 5.41) is 7.72. The molecule has 0 bridgehead atoms. The van der Waals surface area contributed by atoms with E-state index < -0.39 is 0 Å². The van der Waals surface area contributed by atoms with Crippen LogP contribution in [0.5, 0.6) is 0 Å². The van der Waals surface area contributed by atoms with Gasteiger partial charge < -0.3 is 0 Å². The van der Waals surface area contributed by atoms with Crippen LogP contribution in [0.2, 0.25) is 10.0 Å². The average molecular weight is 525 g/mol. The van der Waals surface area contributed by atoms with Crippen molar-refractivity contribution >= 4 is 56.4 Å². The number of benzene rings is 2. The molecule has 0 saturated carbocycles. The molecule has 31 heavy (non-hydrogen) atoms. The maximum atomic E-state index is 13.3. The van der Waals surface area contributed by atoms with Crippen molar-refractivity contribution in [2.24, 2.45) is 11.0 Å². The average Bonchev–Trinajstić information content (AvgIpc) is 3.06. The number of quaternary nitrogens is 1. The molecule has 2 aliphatic rings. The summed E-state index contributed by atoms with van der Waals surface area (Å²) in [6.07, 6.45) is 3.45. The molecule has 8 heteroatoms. The molecule has 0 aromatic heterocycles. The van der Waals surface area contributed by atoms with Gasteiger partial charge in [0.2, 0.25) is 0 Å². The van der Waals surface area contributed by atoms with Gasteiger partial charge in [-0.1, -0.05) is 58.2 Å². The highest BCUT2D eigenvalue weighted by molar-refractivity contribution is 9.10.